The topological polar surface area (TPSA) is 48.0 Å². The van der Waals surface area contributed by atoms with E-state index in [1.54, 1.807) is 7.11 Å². The summed E-state index contributed by atoms with van der Waals surface area (Å²) in [7, 11) is 1.73. The minimum atomic E-state index is -0.114. The maximum Gasteiger partial charge on any atom is 0.226 e. The average molecular weight is 269 g/mol. The summed E-state index contributed by atoms with van der Waals surface area (Å²) < 4.78 is 16.5. The lowest BCUT2D eigenvalue weighted by molar-refractivity contribution is -0.173. The molecule has 0 radical (unpaired) electrons. The van der Waals surface area contributed by atoms with Crippen molar-refractivity contribution in [3.63, 3.8) is 0 Å². The highest BCUT2D eigenvalue weighted by Crippen LogP contribution is 2.41. The molecule has 3 heterocycles. The number of hydrogen-bond acceptors (Lipinski definition) is 4. The number of ether oxygens (including phenoxy) is 3. The number of carbonyl (C=O) groups excluding carboxylic acids is 1. The summed E-state index contributed by atoms with van der Waals surface area (Å²) in [6.45, 7) is 4.47. The molecular formula is C14H23NO4. The third kappa shape index (κ3) is 2.39. The highest BCUT2D eigenvalue weighted by Gasteiger charge is 2.54. The molecule has 0 saturated carbocycles. The van der Waals surface area contributed by atoms with Crippen LogP contribution in [0.2, 0.25) is 0 Å². The van der Waals surface area contributed by atoms with E-state index in [1.165, 1.54) is 0 Å². The first kappa shape index (κ1) is 13.3. The van der Waals surface area contributed by atoms with Crippen molar-refractivity contribution >= 4 is 5.91 Å². The van der Waals surface area contributed by atoms with Crippen LogP contribution < -0.4 is 0 Å². The maximum absolute atomic E-state index is 12.4. The van der Waals surface area contributed by atoms with Gasteiger partial charge in [0.2, 0.25) is 5.91 Å². The van der Waals surface area contributed by atoms with Gasteiger partial charge >= 0.3 is 0 Å². The molecule has 1 atom stereocenters. The number of rotatable bonds is 3. The Morgan fingerprint density at radius 2 is 2.00 bits per heavy atom. The van der Waals surface area contributed by atoms with Gasteiger partial charge in [-0.05, 0) is 19.3 Å². The molecule has 19 heavy (non-hydrogen) atoms. The number of nitrogens with zero attached hydrogens (tertiary/aromatic N) is 1. The van der Waals surface area contributed by atoms with Crippen LogP contribution in [0.25, 0.3) is 0 Å². The van der Waals surface area contributed by atoms with Crippen molar-refractivity contribution in [3.8, 4) is 0 Å². The number of likely N-dealkylation sites (tertiary alicyclic amines) is 1. The summed E-state index contributed by atoms with van der Waals surface area (Å²) in [6.07, 6.45) is 2.78. The lowest BCUT2D eigenvalue weighted by Crippen LogP contribution is -2.67. The van der Waals surface area contributed by atoms with Gasteiger partial charge in [-0.1, -0.05) is 0 Å². The largest absolute Gasteiger partial charge is 0.384 e. The zero-order chi connectivity index (χ0) is 13.3. The molecular weight excluding hydrogens is 246 g/mol. The summed E-state index contributed by atoms with van der Waals surface area (Å²) in [5.74, 6) is 0.894. The second kappa shape index (κ2) is 5.38. The molecule has 3 saturated heterocycles. The molecule has 0 aromatic rings. The van der Waals surface area contributed by atoms with Crippen molar-refractivity contribution < 1.29 is 19.0 Å². The van der Waals surface area contributed by atoms with Crippen LogP contribution >= 0.6 is 0 Å². The van der Waals surface area contributed by atoms with E-state index in [-0.39, 0.29) is 11.5 Å². The molecule has 3 fully saturated rings. The lowest BCUT2D eigenvalue weighted by Gasteiger charge is -2.51. The number of hydrogen-bond donors (Lipinski definition) is 0. The Morgan fingerprint density at radius 1 is 1.26 bits per heavy atom. The number of methoxy groups -OCH3 is 1. The van der Waals surface area contributed by atoms with Crippen LogP contribution in [0.5, 0.6) is 0 Å². The van der Waals surface area contributed by atoms with Crippen molar-refractivity contribution in [2.45, 2.75) is 24.9 Å². The SMILES string of the molecule is COCC1CCOC12CN(C(=O)C1CCOCC1)C2. The molecule has 0 N–H and O–H groups in total. The third-order valence-corrected chi connectivity index (χ3v) is 4.77. The van der Waals surface area contributed by atoms with Crippen molar-refractivity contribution in [2.75, 3.05) is 46.6 Å². The second-order valence-corrected chi connectivity index (χ2v) is 5.94. The molecule has 3 aliphatic heterocycles. The van der Waals surface area contributed by atoms with Crippen LogP contribution in [0.15, 0.2) is 0 Å². The molecule has 0 bridgehead atoms. The maximum atomic E-state index is 12.4. The first-order valence-corrected chi connectivity index (χ1v) is 7.24. The molecule has 5 heteroatoms. The fourth-order valence-corrected chi connectivity index (χ4v) is 3.53. The third-order valence-electron chi connectivity index (χ3n) is 4.77. The van der Waals surface area contributed by atoms with Gasteiger partial charge in [0.25, 0.3) is 0 Å². The van der Waals surface area contributed by atoms with Gasteiger partial charge < -0.3 is 19.1 Å². The number of amides is 1. The van der Waals surface area contributed by atoms with Gasteiger partial charge in [-0.25, -0.2) is 0 Å². The van der Waals surface area contributed by atoms with Crippen LogP contribution in [0, 0.1) is 11.8 Å². The summed E-state index contributed by atoms with van der Waals surface area (Å²) in [5, 5.41) is 0. The Bertz CT molecular complexity index is 334. The molecule has 1 spiro atoms. The van der Waals surface area contributed by atoms with Crippen molar-refractivity contribution in [1.82, 2.24) is 4.90 Å². The van der Waals surface area contributed by atoms with E-state index in [0.717, 1.165) is 58.8 Å². The van der Waals surface area contributed by atoms with E-state index in [1.807, 2.05) is 4.90 Å². The summed E-state index contributed by atoms with van der Waals surface area (Å²) >= 11 is 0. The zero-order valence-corrected chi connectivity index (χ0v) is 11.6. The molecule has 108 valence electrons. The highest BCUT2D eigenvalue weighted by atomic mass is 16.5. The van der Waals surface area contributed by atoms with Gasteiger partial charge in [-0.15, -0.1) is 0 Å². The van der Waals surface area contributed by atoms with E-state index in [2.05, 4.69) is 0 Å². The normalized spacial score (nSPS) is 30.6. The van der Waals surface area contributed by atoms with Gasteiger partial charge in [0.15, 0.2) is 0 Å². The Kier molecular flexibility index (Phi) is 3.78. The van der Waals surface area contributed by atoms with Crippen molar-refractivity contribution in [2.24, 2.45) is 11.8 Å². The first-order valence-electron chi connectivity index (χ1n) is 7.24. The van der Waals surface area contributed by atoms with Crippen LogP contribution in [-0.2, 0) is 19.0 Å². The van der Waals surface area contributed by atoms with E-state index in [0.29, 0.717) is 11.8 Å². The van der Waals surface area contributed by atoms with E-state index in [4.69, 9.17) is 14.2 Å². The Morgan fingerprint density at radius 3 is 2.68 bits per heavy atom. The predicted molar refractivity (Wildman–Crippen MR) is 68.8 cm³/mol. The number of carbonyl (C=O) groups is 1. The second-order valence-electron chi connectivity index (χ2n) is 5.94. The standard InChI is InChI=1S/C14H23NO4/c1-17-8-12-4-7-19-14(12)9-15(10-14)13(16)11-2-5-18-6-3-11/h11-12H,2-10H2,1H3. The molecule has 3 rings (SSSR count). The van der Waals surface area contributed by atoms with E-state index in [9.17, 15) is 4.79 Å². The van der Waals surface area contributed by atoms with Crippen LogP contribution in [0.1, 0.15) is 19.3 Å². The fraction of sp³-hybridized carbons (Fsp3) is 0.929. The monoisotopic (exact) mass is 269 g/mol. The Hall–Kier alpha value is -0.650. The van der Waals surface area contributed by atoms with Gasteiger partial charge in [-0.2, -0.15) is 0 Å². The average Bonchev–Trinajstić information content (AvgIpc) is 2.81. The first-order chi connectivity index (χ1) is 9.25. The van der Waals surface area contributed by atoms with Crippen molar-refractivity contribution in [1.29, 1.82) is 0 Å². The van der Waals surface area contributed by atoms with Gasteiger partial charge in [0, 0.05) is 38.8 Å². The minimum absolute atomic E-state index is 0.114. The van der Waals surface area contributed by atoms with Crippen LogP contribution in [-0.4, -0.2) is 63.0 Å². The molecule has 3 aliphatic rings. The predicted octanol–water partition coefficient (Wildman–Crippen LogP) is 0.677. The van der Waals surface area contributed by atoms with Crippen LogP contribution in [0.4, 0.5) is 0 Å². The molecule has 0 aliphatic carbocycles. The van der Waals surface area contributed by atoms with Gasteiger partial charge in [-0.3, -0.25) is 4.79 Å². The van der Waals surface area contributed by atoms with Gasteiger partial charge in [0.05, 0.1) is 19.7 Å². The van der Waals surface area contributed by atoms with Crippen LogP contribution in [0.3, 0.4) is 0 Å². The Balaban J connectivity index is 1.55. The van der Waals surface area contributed by atoms with Crippen molar-refractivity contribution in [3.05, 3.63) is 0 Å². The minimum Gasteiger partial charge on any atom is -0.384 e. The smallest absolute Gasteiger partial charge is 0.226 e. The fourth-order valence-electron chi connectivity index (χ4n) is 3.53. The summed E-state index contributed by atoms with van der Waals surface area (Å²) in [4.78, 5) is 14.3. The molecule has 1 amide bonds. The summed E-state index contributed by atoms with van der Waals surface area (Å²) in [6, 6.07) is 0. The molecule has 0 aromatic heterocycles. The highest BCUT2D eigenvalue weighted by molar-refractivity contribution is 5.80. The molecule has 5 nitrogen and oxygen atoms in total. The lowest BCUT2D eigenvalue weighted by atomic mass is 9.80. The summed E-state index contributed by atoms with van der Waals surface area (Å²) in [5.41, 5.74) is -0.114. The van der Waals surface area contributed by atoms with Gasteiger partial charge in [0.1, 0.15) is 5.60 Å². The van der Waals surface area contributed by atoms with E-state index < -0.39 is 0 Å². The zero-order valence-electron chi connectivity index (χ0n) is 11.6. The molecule has 0 aromatic carbocycles. The van der Waals surface area contributed by atoms with E-state index >= 15 is 0 Å². The molecule has 1 unspecified atom stereocenters. The Labute approximate surface area is 114 Å². The quantitative estimate of drug-likeness (QED) is 0.756.